The number of rotatable bonds is 5. The molecule has 9 heteroatoms. The third-order valence-electron chi connectivity index (χ3n) is 3.44. The van der Waals surface area contributed by atoms with Gasteiger partial charge in [-0.1, -0.05) is 24.3 Å². The van der Waals surface area contributed by atoms with E-state index in [9.17, 15) is 19.5 Å². The van der Waals surface area contributed by atoms with Gasteiger partial charge in [-0.3, -0.25) is 9.78 Å². The second-order valence-corrected chi connectivity index (χ2v) is 6.95. The highest BCUT2D eigenvalue weighted by Crippen LogP contribution is 2.17. The number of nitrogens with one attached hydrogen (secondary N) is 2. The molecule has 0 saturated heterocycles. The summed E-state index contributed by atoms with van der Waals surface area (Å²) in [5.41, 5.74) is 6.18. The van der Waals surface area contributed by atoms with Gasteiger partial charge in [-0.05, 0) is 26.3 Å². The first kappa shape index (κ1) is 20.0. The molecule has 1 aromatic carbocycles. The number of anilines is 1. The van der Waals surface area contributed by atoms with Crippen molar-refractivity contribution in [3.8, 4) is 11.3 Å². The molecule has 0 aliphatic heterocycles. The average Bonchev–Trinajstić information content (AvgIpc) is 2.52. The summed E-state index contributed by atoms with van der Waals surface area (Å²) in [7, 11) is 0. The van der Waals surface area contributed by atoms with Crippen molar-refractivity contribution < 1.29 is 19.4 Å². The monoisotopic (exact) mass is 374 g/mol. The zero-order chi connectivity index (χ0) is 20.2. The first-order chi connectivity index (χ1) is 12.5. The molecule has 0 aliphatic carbocycles. The number of benzene rings is 1. The lowest BCUT2D eigenvalue weighted by Gasteiger charge is -2.22. The number of alkyl carbamates (subject to hydrolysis) is 1. The van der Waals surface area contributed by atoms with Crippen LogP contribution in [0.3, 0.4) is 0 Å². The fourth-order valence-electron chi connectivity index (χ4n) is 2.32. The first-order valence-electron chi connectivity index (χ1n) is 8.22. The van der Waals surface area contributed by atoms with Gasteiger partial charge >= 0.3 is 12.1 Å². The second kappa shape index (κ2) is 7.90. The third kappa shape index (κ3) is 6.14. The molecule has 0 saturated carbocycles. The van der Waals surface area contributed by atoms with E-state index in [2.05, 4.69) is 15.3 Å². The lowest BCUT2D eigenvalue weighted by atomic mass is 10.0. The van der Waals surface area contributed by atoms with Gasteiger partial charge in [0.15, 0.2) is 0 Å². The molecular formula is C18H22N4O5. The minimum absolute atomic E-state index is 0.00841. The summed E-state index contributed by atoms with van der Waals surface area (Å²) in [4.78, 5) is 41.1. The highest BCUT2D eigenvalue weighted by molar-refractivity contribution is 5.80. The normalized spacial score (nSPS) is 12.3. The van der Waals surface area contributed by atoms with Gasteiger partial charge in [0, 0.05) is 18.1 Å². The molecule has 1 unspecified atom stereocenters. The maximum Gasteiger partial charge on any atom is 0.408 e. The predicted molar refractivity (Wildman–Crippen MR) is 99.2 cm³/mol. The van der Waals surface area contributed by atoms with Crippen molar-refractivity contribution >= 4 is 18.0 Å². The molecule has 2 rings (SSSR count). The molecule has 1 aromatic heterocycles. The highest BCUT2D eigenvalue weighted by Gasteiger charge is 2.24. The number of carbonyl (C=O) groups excluding carboxylic acids is 1. The van der Waals surface area contributed by atoms with Crippen LogP contribution in [0.15, 0.2) is 35.1 Å². The van der Waals surface area contributed by atoms with Crippen molar-refractivity contribution in [2.75, 3.05) is 5.73 Å². The number of amides is 1. The number of carboxylic acid groups (broad SMARTS) is 1. The van der Waals surface area contributed by atoms with Gasteiger partial charge in [0.05, 0.1) is 5.69 Å². The molecule has 0 fully saturated rings. The van der Waals surface area contributed by atoms with Crippen molar-refractivity contribution in [3.63, 3.8) is 0 Å². The van der Waals surface area contributed by atoms with Gasteiger partial charge in [-0.2, -0.15) is 0 Å². The number of nitrogens with zero attached hydrogens (tertiary/aromatic N) is 1. The van der Waals surface area contributed by atoms with Crippen LogP contribution in [0.1, 0.15) is 26.3 Å². The van der Waals surface area contributed by atoms with Crippen molar-refractivity contribution in [3.05, 3.63) is 46.2 Å². The Morgan fingerprint density at radius 1 is 1.30 bits per heavy atom. The Kier molecular flexibility index (Phi) is 5.84. The number of carboxylic acids is 1. The fraction of sp³-hybridized carbons (Fsp3) is 0.333. The predicted octanol–water partition coefficient (Wildman–Crippen LogP) is 1.54. The first-order valence-corrected chi connectivity index (χ1v) is 8.22. The molecule has 0 bridgehead atoms. The summed E-state index contributed by atoms with van der Waals surface area (Å²) in [5.74, 6) is -1.16. The van der Waals surface area contributed by atoms with Gasteiger partial charge < -0.3 is 20.9 Å². The van der Waals surface area contributed by atoms with E-state index in [-0.39, 0.29) is 17.9 Å². The van der Waals surface area contributed by atoms with Crippen LogP contribution in [0.2, 0.25) is 0 Å². The molecule has 1 heterocycles. The molecule has 1 atom stereocenters. The van der Waals surface area contributed by atoms with Crippen molar-refractivity contribution in [1.82, 2.24) is 15.3 Å². The van der Waals surface area contributed by atoms with Crippen LogP contribution < -0.4 is 16.6 Å². The van der Waals surface area contributed by atoms with E-state index < -0.39 is 23.7 Å². The summed E-state index contributed by atoms with van der Waals surface area (Å²) >= 11 is 0. The number of aliphatic carboxylic acids is 1. The smallest absolute Gasteiger partial charge is 0.408 e. The molecule has 0 spiro atoms. The molecule has 144 valence electrons. The van der Waals surface area contributed by atoms with Crippen molar-refractivity contribution in [2.24, 2.45) is 0 Å². The Bertz CT molecular complexity index is 884. The lowest BCUT2D eigenvalue weighted by molar-refractivity contribution is -0.139. The lowest BCUT2D eigenvalue weighted by Crippen LogP contribution is -2.44. The zero-order valence-corrected chi connectivity index (χ0v) is 15.3. The van der Waals surface area contributed by atoms with Crippen molar-refractivity contribution in [2.45, 2.75) is 38.8 Å². The quantitative estimate of drug-likeness (QED) is 0.620. The van der Waals surface area contributed by atoms with Gasteiger partial charge in [-0.25, -0.2) is 14.6 Å². The number of hydrogen-bond donors (Lipinski definition) is 4. The van der Waals surface area contributed by atoms with E-state index in [0.717, 1.165) is 0 Å². The Labute approximate surface area is 155 Å². The maximum atomic E-state index is 11.8. The molecule has 9 nitrogen and oxygen atoms in total. The molecule has 27 heavy (non-hydrogen) atoms. The molecular weight excluding hydrogens is 352 g/mol. The van der Waals surface area contributed by atoms with Crippen LogP contribution in [-0.4, -0.2) is 38.8 Å². The van der Waals surface area contributed by atoms with Crippen LogP contribution in [-0.2, 0) is 16.0 Å². The van der Waals surface area contributed by atoms with E-state index >= 15 is 0 Å². The Balaban J connectivity index is 2.11. The number of aromatic amines is 1. The number of carbonyl (C=O) groups is 2. The molecule has 1 amide bonds. The van der Waals surface area contributed by atoms with E-state index in [1.54, 1.807) is 45.0 Å². The van der Waals surface area contributed by atoms with Crippen LogP contribution in [0.25, 0.3) is 11.3 Å². The van der Waals surface area contributed by atoms with Gasteiger partial charge in [-0.15, -0.1) is 0 Å². The summed E-state index contributed by atoms with van der Waals surface area (Å²) in [6.07, 6.45) is -0.727. The van der Waals surface area contributed by atoms with E-state index in [4.69, 9.17) is 10.5 Å². The van der Waals surface area contributed by atoms with Crippen LogP contribution in [0.5, 0.6) is 0 Å². The molecule has 5 N–H and O–H groups in total. The number of nitrogens with two attached hydrogens (primary N) is 1. The highest BCUT2D eigenvalue weighted by atomic mass is 16.6. The Hall–Kier alpha value is -3.36. The summed E-state index contributed by atoms with van der Waals surface area (Å²) < 4.78 is 5.09. The van der Waals surface area contributed by atoms with Crippen LogP contribution in [0, 0.1) is 0 Å². The topological polar surface area (TPSA) is 147 Å². The number of aromatic nitrogens is 2. The number of H-pyrrole nitrogens is 1. The number of nitrogen functional groups attached to an aromatic ring is 1. The van der Waals surface area contributed by atoms with E-state index in [1.807, 2.05) is 0 Å². The standard InChI is InChI=1S/C18H22N4O5/c1-18(2,3)27-17(26)21-13(15(24)25)8-10-4-6-11(7-5-10)12-9-14(23)22-16(19)20-12/h4-7,9,13H,8H2,1-3H3,(H,21,26)(H,24,25)(H3,19,20,22,23). The van der Waals surface area contributed by atoms with E-state index in [0.29, 0.717) is 16.8 Å². The number of hydrogen-bond acceptors (Lipinski definition) is 6. The third-order valence-corrected chi connectivity index (χ3v) is 3.44. The Morgan fingerprint density at radius 2 is 1.93 bits per heavy atom. The van der Waals surface area contributed by atoms with Crippen LogP contribution in [0.4, 0.5) is 10.7 Å². The maximum absolute atomic E-state index is 11.8. The van der Waals surface area contributed by atoms with Crippen molar-refractivity contribution in [1.29, 1.82) is 0 Å². The van der Waals surface area contributed by atoms with Gasteiger partial charge in [0.2, 0.25) is 5.95 Å². The summed E-state index contributed by atoms with van der Waals surface area (Å²) in [6.45, 7) is 5.07. The van der Waals surface area contributed by atoms with Gasteiger partial charge in [0.1, 0.15) is 11.6 Å². The number of ether oxygens (including phenoxy) is 1. The second-order valence-electron chi connectivity index (χ2n) is 6.95. The molecule has 2 aromatic rings. The fourth-order valence-corrected chi connectivity index (χ4v) is 2.32. The SMILES string of the molecule is CC(C)(C)OC(=O)NC(Cc1ccc(-c2cc(=O)[nH]c(N)n2)cc1)C(=O)O. The Morgan fingerprint density at radius 3 is 2.44 bits per heavy atom. The minimum Gasteiger partial charge on any atom is -0.480 e. The summed E-state index contributed by atoms with van der Waals surface area (Å²) in [6, 6.07) is 6.96. The zero-order valence-electron chi connectivity index (χ0n) is 15.3. The average molecular weight is 374 g/mol. The largest absolute Gasteiger partial charge is 0.480 e. The molecule has 0 aliphatic rings. The van der Waals surface area contributed by atoms with Crippen LogP contribution >= 0.6 is 0 Å². The van der Waals surface area contributed by atoms with E-state index in [1.165, 1.54) is 6.07 Å². The minimum atomic E-state index is -1.17. The van der Waals surface area contributed by atoms with Gasteiger partial charge in [0.25, 0.3) is 5.56 Å². The molecule has 0 radical (unpaired) electrons. The summed E-state index contributed by atoms with van der Waals surface area (Å²) in [5, 5.41) is 11.7.